The van der Waals surface area contributed by atoms with Gasteiger partial charge in [-0.3, -0.25) is 0 Å². The number of methoxy groups -OCH3 is 2. The second kappa shape index (κ2) is 7.01. The molecule has 0 spiro atoms. The molecule has 7 heteroatoms. The van der Waals surface area contributed by atoms with Crippen LogP contribution in [0.2, 0.25) is 0 Å². The van der Waals surface area contributed by atoms with Crippen molar-refractivity contribution in [2.24, 2.45) is 0 Å². The van der Waals surface area contributed by atoms with Crippen LogP contribution in [0.3, 0.4) is 0 Å². The van der Waals surface area contributed by atoms with Crippen molar-refractivity contribution < 1.29 is 27.0 Å². The van der Waals surface area contributed by atoms with E-state index in [1.807, 2.05) is 0 Å². The predicted molar refractivity (Wildman–Crippen MR) is 65.5 cm³/mol. The lowest BCUT2D eigenvalue weighted by Crippen LogP contribution is -2.39. The maximum absolute atomic E-state index is 13.1. The van der Waals surface area contributed by atoms with Crippen LogP contribution in [0, 0.1) is 5.82 Å². The van der Waals surface area contributed by atoms with E-state index in [2.05, 4.69) is 5.32 Å². The van der Waals surface area contributed by atoms with Gasteiger partial charge in [-0.05, 0) is 24.6 Å². The maximum Gasteiger partial charge on any atom is 0.419 e. The summed E-state index contributed by atoms with van der Waals surface area (Å²) in [6.45, 7) is 1.92. The molecule has 0 aliphatic carbocycles. The molecule has 1 N–H and O–H groups in total. The van der Waals surface area contributed by atoms with E-state index in [0.717, 1.165) is 12.1 Å². The number of halogens is 4. The van der Waals surface area contributed by atoms with Crippen LogP contribution < -0.4 is 5.32 Å². The molecule has 0 fully saturated rings. The lowest BCUT2D eigenvalue weighted by atomic mass is 10.1. The quantitative estimate of drug-likeness (QED) is 0.646. The van der Waals surface area contributed by atoms with Crippen LogP contribution in [0.25, 0.3) is 0 Å². The fourth-order valence-corrected chi connectivity index (χ4v) is 1.78. The Morgan fingerprint density at radius 3 is 2.30 bits per heavy atom. The topological polar surface area (TPSA) is 30.5 Å². The van der Waals surface area contributed by atoms with Crippen LogP contribution in [0.4, 0.5) is 17.6 Å². The summed E-state index contributed by atoms with van der Waals surface area (Å²) in [6, 6.07) is 2.68. The molecule has 0 heterocycles. The standard InChI is InChI=1S/C13H17F4NO2/c1-8(12(19-2)20-3)18-7-9-4-5-11(14)10(6-9)13(15,16)17/h4-6,8,12,18H,7H2,1-3H3. The van der Waals surface area contributed by atoms with Crippen molar-refractivity contribution in [2.45, 2.75) is 32.0 Å². The molecule has 1 unspecified atom stereocenters. The average Bonchev–Trinajstić information content (AvgIpc) is 2.37. The minimum atomic E-state index is -4.70. The van der Waals surface area contributed by atoms with Gasteiger partial charge in [0.15, 0.2) is 6.29 Å². The van der Waals surface area contributed by atoms with Gasteiger partial charge < -0.3 is 14.8 Å². The van der Waals surface area contributed by atoms with Gasteiger partial charge in [0.1, 0.15) is 5.82 Å². The summed E-state index contributed by atoms with van der Waals surface area (Å²) in [4.78, 5) is 0. The predicted octanol–water partition coefficient (Wildman–Crippen LogP) is 2.94. The van der Waals surface area contributed by atoms with E-state index in [-0.39, 0.29) is 12.6 Å². The van der Waals surface area contributed by atoms with E-state index in [9.17, 15) is 17.6 Å². The fraction of sp³-hybridized carbons (Fsp3) is 0.538. The van der Waals surface area contributed by atoms with Crippen LogP contribution in [-0.2, 0) is 22.2 Å². The molecule has 1 atom stereocenters. The van der Waals surface area contributed by atoms with Gasteiger partial charge >= 0.3 is 6.18 Å². The number of rotatable bonds is 6. The molecule has 20 heavy (non-hydrogen) atoms. The number of alkyl halides is 3. The molecule has 1 aromatic rings. The molecule has 0 radical (unpaired) electrons. The second-order valence-corrected chi connectivity index (χ2v) is 4.32. The van der Waals surface area contributed by atoms with Crippen LogP contribution >= 0.6 is 0 Å². The van der Waals surface area contributed by atoms with E-state index in [0.29, 0.717) is 5.56 Å². The Balaban J connectivity index is 2.75. The van der Waals surface area contributed by atoms with Crippen LogP contribution in [0.15, 0.2) is 18.2 Å². The monoisotopic (exact) mass is 295 g/mol. The molecule has 0 aliphatic heterocycles. The van der Waals surface area contributed by atoms with Gasteiger partial charge in [-0.25, -0.2) is 4.39 Å². The molecule has 0 bridgehead atoms. The summed E-state index contributed by atoms with van der Waals surface area (Å²) in [7, 11) is 2.93. The lowest BCUT2D eigenvalue weighted by molar-refractivity contribution is -0.140. The first-order valence-electron chi connectivity index (χ1n) is 5.94. The third kappa shape index (κ3) is 4.43. The van der Waals surface area contributed by atoms with Gasteiger partial charge in [0, 0.05) is 20.8 Å². The Morgan fingerprint density at radius 2 is 1.80 bits per heavy atom. The third-order valence-corrected chi connectivity index (χ3v) is 2.84. The molecule has 0 saturated heterocycles. The average molecular weight is 295 g/mol. The van der Waals surface area contributed by atoms with Crippen molar-refractivity contribution >= 4 is 0 Å². The normalized spacial score (nSPS) is 13.8. The van der Waals surface area contributed by atoms with Crippen molar-refractivity contribution in [1.29, 1.82) is 0 Å². The second-order valence-electron chi connectivity index (χ2n) is 4.32. The minimum Gasteiger partial charge on any atom is -0.354 e. The highest BCUT2D eigenvalue weighted by atomic mass is 19.4. The third-order valence-electron chi connectivity index (χ3n) is 2.84. The summed E-state index contributed by atoms with van der Waals surface area (Å²) in [5, 5.41) is 2.96. The fourth-order valence-electron chi connectivity index (χ4n) is 1.78. The molecular formula is C13H17F4NO2. The molecule has 114 valence electrons. The molecule has 0 aromatic heterocycles. The van der Waals surface area contributed by atoms with Gasteiger partial charge in [0.2, 0.25) is 0 Å². The maximum atomic E-state index is 13.1. The Labute approximate surface area is 114 Å². The van der Waals surface area contributed by atoms with Crippen molar-refractivity contribution in [3.63, 3.8) is 0 Å². The molecule has 1 rings (SSSR count). The summed E-state index contributed by atoms with van der Waals surface area (Å²) in [6.07, 6.45) is -5.22. The Kier molecular flexibility index (Phi) is 5.91. The molecule has 0 saturated carbocycles. The summed E-state index contributed by atoms with van der Waals surface area (Å²) in [5.41, 5.74) is -0.934. The first kappa shape index (κ1) is 16.9. The Morgan fingerprint density at radius 1 is 1.20 bits per heavy atom. The first-order chi connectivity index (χ1) is 9.29. The Bertz CT molecular complexity index is 433. The van der Waals surface area contributed by atoms with E-state index < -0.39 is 23.8 Å². The van der Waals surface area contributed by atoms with E-state index >= 15 is 0 Å². The zero-order chi connectivity index (χ0) is 15.3. The van der Waals surface area contributed by atoms with Gasteiger partial charge in [0.05, 0.1) is 11.6 Å². The van der Waals surface area contributed by atoms with Crippen LogP contribution in [0.5, 0.6) is 0 Å². The number of hydrogen-bond acceptors (Lipinski definition) is 3. The molecule has 0 amide bonds. The molecule has 3 nitrogen and oxygen atoms in total. The van der Waals surface area contributed by atoms with E-state index in [1.54, 1.807) is 6.92 Å². The van der Waals surface area contributed by atoms with Crippen LogP contribution in [-0.4, -0.2) is 26.6 Å². The summed E-state index contributed by atoms with van der Waals surface area (Å²) >= 11 is 0. The summed E-state index contributed by atoms with van der Waals surface area (Å²) in [5.74, 6) is -1.28. The lowest BCUT2D eigenvalue weighted by Gasteiger charge is -2.22. The van der Waals surface area contributed by atoms with Crippen LogP contribution in [0.1, 0.15) is 18.1 Å². The van der Waals surface area contributed by atoms with Gasteiger partial charge in [0.25, 0.3) is 0 Å². The van der Waals surface area contributed by atoms with Crippen molar-refractivity contribution in [1.82, 2.24) is 5.32 Å². The first-order valence-corrected chi connectivity index (χ1v) is 5.94. The number of benzene rings is 1. The minimum absolute atomic E-state index is 0.147. The van der Waals surface area contributed by atoms with E-state index in [1.165, 1.54) is 20.3 Å². The van der Waals surface area contributed by atoms with E-state index in [4.69, 9.17) is 9.47 Å². The van der Waals surface area contributed by atoms with Gasteiger partial charge in [-0.2, -0.15) is 13.2 Å². The zero-order valence-electron chi connectivity index (χ0n) is 11.4. The van der Waals surface area contributed by atoms with Crippen molar-refractivity contribution in [3.05, 3.63) is 35.1 Å². The summed E-state index contributed by atoms with van der Waals surface area (Å²) < 4.78 is 60.9. The highest BCUT2D eigenvalue weighted by molar-refractivity contribution is 5.27. The van der Waals surface area contributed by atoms with Gasteiger partial charge in [-0.15, -0.1) is 0 Å². The van der Waals surface area contributed by atoms with Gasteiger partial charge in [-0.1, -0.05) is 6.07 Å². The largest absolute Gasteiger partial charge is 0.419 e. The number of hydrogen-bond donors (Lipinski definition) is 1. The number of nitrogens with one attached hydrogen (secondary N) is 1. The van der Waals surface area contributed by atoms with Crippen molar-refractivity contribution in [3.8, 4) is 0 Å². The smallest absolute Gasteiger partial charge is 0.354 e. The van der Waals surface area contributed by atoms with Crippen molar-refractivity contribution in [2.75, 3.05) is 14.2 Å². The number of ether oxygens (including phenoxy) is 2. The molecule has 0 aliphatic rings. The molecule has 1 aromatic carbocycles. The molecular weight excluding hydrogens is 278 g/mol. The SMILES string of the molecule is COC(OC)C(C)NCc1ccc(F)c(C(F)(F)F)c1. The highest BCUT2D eigenvalue weighted by Crippen LogP contribution is 2.31. The zero-order valence-corrected chi connectivity index (χ0v) is 11.4. The Hall–Kier alpha value is -1.18. The highest BCUT2D eigenvalue weighted by Gasteiger charge is 2.34.